The van der Waals surface area contributed by atoms with Crippen LogP contribution >= 0.6 is 23.2 Å². The van der Waals surface area contributed by atoms with Crippen molar-refractivity contribution in [2.75, 3.05) is 24.7 Å². The van der Waals surface area contributed by atoms with Gasteiger partial charge in [0.15, 0.2) is 5.69 Å². The van der Waals surface area contributed by atoms with E-state index in [1.807, 2.05) is 81.9 Å². The molecule has 0 unspecified atom stereocenters. The van der Waals surface area contributed by atoms with E-state index >= 15 is 4.79 Å². The van der Waals surface area contributed by atoms with Gasteiger partial charge in [0, 0.05) is 59.3 Å². The second-order valence-corrected chi connectivity index (χ2v) is 16.1. The number of aromatic nitrogens is 4. The Hall–Kier alpha value is -4.93. The molecule has 3 aromatic carbocycles. The molecule has 6 aromatic rings. The van der Waals surface area contributed by atoms with E-state index in [1.54, 1.807) is 16.5 Å². The molecular weight excluding hydrogens is 737 g/mol. The molecule has 1 fully saturated rings. The highest BCUT2D eigenvalue weighted by molar-refractivity contribution is 6.35. The molecule has 3 aromatic heterocycles. The maximum atomic E-state index is 15.3. The summed E-state index contributed by atoms with van der Waals surface area (Å²) in [6.07, 6.45) is 3.45. The van der Waals surface area contributed by atoms with Gasteiger partial charge in [-0.1, -0.05) is 29.3 Å². The lowest BCUT2D eigenvalue weighted by molar-refractivity contribution is 0.0687. The lowest BCUT2D eigenvalue weighted by Crippen LogP contribution is -2.43. The Kier molecular flexibility index (Phi) is 9.41. The van der Waals surface area contributed by atoms with Crippen molar-refractivity contribution >= 4 is 62.6 Å². The van der Waals surface area contributed by atoms with Gasteiger partial charge < -0.3 is 28.6 Å². The minimum atomic E-state index is -1.11. The number of aryl methyl sites for hydroxylation is 6. The second-order valence-electron chi connectivity index (χ2n) is 15.3. The number of rotatable bonds is 11. The summed E-state index contributed by atoms with van der Waals surface area (Å²) in [4.78, 5) is 30.0. The van der Waals surface area contributed by atoms with Crippen molar-refractivity contribution in [1.82, 2.24) is 18.9 Å². The lowest BCUT2D eigenvalue weighted by Gasteiger charge is -2.34. The predicted molar refractivity (Wildman–Crippen MR) is 218 cm³/mol. The Morgan fingerprint density at radius 3 is 2.33 bits per heavy atom. The number of carboxylic acid groups (broad SMARTS) is 1. The number of hydrogen-bond acceptors (Lipinski definition) is 5. The number of nitrogens with zero attached hydrogens (tertiary/aromatic N) is 5. The molecule has 1 aliphatic heterocycles. The fourth-order valence-electron chi connectivity index (χ4n) is 8.43. The average Bonchev–Trinajstić information content (AvgIpc) is 3.78. The zero-order chi connectivity index (χ0) is 39.0. The molecule has 0 spiro atoms. The van der Waals surface area contributed by atoms with E-state index in [4.69, 9.17) is 37.8 Å². The molecule has 1 atom stereocenters. The number of fused-ring (bicyclic) bond motifs is 4. The summed E-state index contributed by atoms with van der Waals surface area (Å²) < 4.78 is 18.0. The van der Waals surface area contributed by atoms with Gasteiger partial charge in [0.2, 0.25) is 0 Å². The van der Waals surface area contributed by atoms with Crippen LogP contribution in [0.15, 0.2) is 42.5 Å². The Morgan fingerprint density at radius 2 is 1.67 bits per heavy atom. The summed E-state index contributed by atoms with van der Waals surface area (Å²) >= 11 is 13.5. The number of carbonyl (C=O) groups is 2. The lowest BCUT2D eigenvalue weighted by atomic mass is 9.98. The van der Waals surface area contributed by atoms with Gasteiger partial charge in [-0.2, -0.15) is 5.10 Å². The van der Waals surface area contributed by atoms with E-state index in [-0.39, 0.29) is 24.2 Å². The van der Waals surface area contributed by atoms with E-state index in [2.05, 4.69) is 11.5 Å². The molecular formula is C43H45Cl2N5O5. The van der Waals surface area contributed by atoms with Crippen LogP contribution in [0, 0.1) is 33.6 Å². The molecule has 0 saturated heterocycles. The number of carboxylic acids is 1. The van der Waals surface area contributed by atoms with Crippen LogP contribution in [0.5, 0.6) is 11.5 Å². The van der Waals surface area contributed by atoms with Crippen molar-refractivity contribution in [3.8, 4) is 22.6 Å². The normalized spacial score (nSPS) is 15.7. The van der Waals surface area contributed by atoms with E-state index < -0.39 is 5.97 Å². The van der Waals surface area contributed by atoms with Crippen molar-refractivity contribution in [2.45, 2.75) is 66.3 Å². The van der Waals surface area contributed by atoms with Crippen LogP contribution < -0.4 is 14.4 Å². The van der Waals surface area contributed by atoms with Crippen molar-refractivity contribution in [2.24, 2.45) is 20.0 Å². The Bertz CT molecular complexity index is 2540. The number of hydrogen-bond donors (Lipinski definition) is 1. The van der Waals surface area contributed by atoms with Crippen molar-refractivity contribution in [1.29, 1.82) is 0 Å². The van der Waals surface area contributed by atoms with Gasteiger partial charge in [-0.05, 0) is 119 Å². The number of halogens is 2. The molecule has 1 amide bonds. The molecule has 10 nitrogen and oxygen atoms in total. The van der Waals surface area contributed by atoms with Gasteiger partial charge in [0.25, 0.3) is 5.91 Å². The minimum absolute atomic E-state index is 0.0494. The number of carbonyl (C=O) groups excluding carboxylic acids is 1. The number of amides is 1. The maximum absolute atomic E-state index is 15.3. The first-order valence-electron chi connectivity index (χ1n) is 18.8. The quantitative estimate of drug-likeness (QED) is 0.131. The average molecular weight is 783 g/mol. The predicted octanol–water partition coefficient (Wildman–Crippen LogP) is 9.79. The standard InChI is InChI=1S/C43H45Cl2N5O5/c1-22-17-29(18-23(2)37(22)45)54-16-8-9-30-31-13-14-33(44)36(35-25(4)46-48(7)26(35)5)38(31)50-24(3)20-49(42(51)40(30)50)39-32-19-28(55-21-27-10-11-27)12-15-34(32)47(6)41(39)43(52)53/h12-15,17-19,24,27H,8-11,16,20-21H2,1-7H3,(H,52,53)/t24-/m1/s1. The minimum Gasteiger partial charge on any atom is -0.494 e. The van der Waals surface area contributed by atoms with Gasteiger partial charge >= 0.3 is 5.97 Å². The van der Waals surface area contributed by atoms with Crippen LogP contribution in [0.4, 0.5) is 5.69 Å². The third-order valence-corrected chi connectivity index (χ3v) is 12.3. The fraction of sp³-hybridized carbons (Fsp3) is 0.372. The first kappa shape index (κ1) is 37.0. The molecule has 4 heterocycles. The molecule has 55 heavy (non-hydrogen) atoms. The van der Waals surface area contributed by atoms with Gasteiger partial charge in [0.1, 0.15) is 17.2 Å². The van der Waals surface area contributed by atoms with Gasteiger partial charge in [0.05, 0.1) is 40.7 Å². The molecule has 286 valence electrons. The highest BCUT2D eigenvalue weighted by atomic mass is 35.5. The number of anilines is 1. The van der Waals surface area contributed by atoms with Crippen LogP contribution in [-0.2, 0) is 20.5 Å². The van der Waals surface area contributed by atoms with E-state index in [0.717, 1.165) is 73.7 Å². The van der Waals surface area contributed by atoms with Crippen LogP contribution in [0.1, 0.15) is 81.3 Å². The highest BCUT2D eigenvalue weighted by Crippen LogP contribution is 2.47. The first-order chi connectivity index (χ1) is 26.3. The molecule has 0 bridgehead atoms. The smallest absolute Gasteiger partial charge is 0.354 e. The number of benzene rings is 3. The number of ether oxygens (including phenoxy) is 2. The Labute approximate surface area is 330 Å². The van der Waals surface area contributed by atoms with Crippen LogP contribution in [0.2, 0.25) is 10.0 Å². The van der Waals surface area contributed by atoms with Crippen LogP contribution in [0.3, 0.4) is 0 Å². The van der Waals surface area contributed by atoms with Gasteiger partial charge in [-0.25, -0.2) is 4.79 Å². The molecule has 12 heteroatoms. The van der Waals surface area contributed by atoms with Gasteiger partial charge in [-0.3, -0.25) is 9.48 Å². The fourth-order valence-corrected chi connectivity index (χ4v) is 8.79. The summed E-state index contributed by atoms with van der Waals surface area (Å²) in [6.45, 7) is 11.3. The second kappa shape index (κ2) is 14.0. The summed E-state index contributed by atoms with van der Waals surface area (Å²) in [7, 11) is 3.65. The topological polar surface area (TPSA) is 104 Å². The van der Waals surface area contributed by atoms with Crippen LogP contribution in [-0.4, -0.2) is 55.7 Å². The van der Waals surface area contributed by atoms with E-state index in [1.165, 1.54) is 0 Å². The van der Waals surface area contributed by atoms with Crippen LogP contribution in [0.25, 0.3) is 32.9 Å². The monoisotopic (exact) mass is 781 g/mol. The zero-order valence-electron chi connectivity index (χ0n) is 32.2. The van der Waals surface area contributed by atoms with Crippen molar-refractivity contribution in [3.63, 3.8) is 0 Å². The third-order valence-electron chi connectivity index (χ3n) is 11.4. The van der Waals surface area contributed by atoms with Crippen molar-refractivity contribution < 1.29 is 24.2 Å². The third kappa shape index (κ3) is 6.23. The van der Waals surface area contributed by atoms with Crippen molar-refractivity contribution in [3.05, 3.63) is 92.0 Å². The SMILES string of the molecule is Cc1cc(OCCCc2c3n(c4c(-c5c(C)nn(C)c5C)c(Cl)ccc24)[C@H](C)CN(c2c(C(=O)O)n(C)c4ccc(OCC5CC5)cc24)C3=O)cc(C)c1Cl. The largest absolute Gasteiger partial charge is 0.494 e. The molecule has 2 aliphatic rings. The molecule has 1 aliphatic carbocycles. The Morgan fingerprint density at radius 1 is 0.945 bits per heavy atom. The summed E-state index contributed by atoms with van der Waals surface area (Å²) in [6, 6.07) is 13.2. The summed E-state index contributed by atoms with van der Waals surface area (Å²) in [5.41, 5.74) is 8.85. The first-order valence-corrected chi connectivity index (χ1v) is 19.6. The Balaban J connectivity index is 1.28. The summed E-state index contributed by atoms with van der Waals surface area (Å²) in [5, 5.41) is 18.2. The highest BCUT2D eigenvalue weighted by Gasteiger charge is 2.40. The maximum Gasteiger partial charge on any atom is 0.354 e. The van der Waals surface area contributed by atoms with E-state index in [9.17, 15) is 9.90 Å². The molecule has 8 rings (SSSR count). The molecule has 0 radical (unpaired) electrons. The number of aromatic carboxylic acids is 1. The van der Waals surface area contributed by atoms with E-state index in [0.29, 0.717) is 65.0 Å². The van der Waals surface area contributed by atoms with Gasteiger partial charge in [-0.15, -0.1) is 0 Å². The zero-order valence-corrected chi connectivity index (χ0v) is 33.7. The molecule has 1 saturated carbocycles. The summed E-state index contributed by atoms with van der Waals surface area (Å²) in [5.74, 6) is 0.571. The molecule has 1 N–H and O–H groups in total.